The molecule has 2 atom stereocenters. The normalized spacial score (nSPS) is 13.7. The van der Waals surface area contributed by atoms with Gasteiger partial charge >= 0.3 is 11.9 Å². The molecular weight excluding hydrogens is 317 g/mol. The number of carboxylic acid groups (broad SMARTS) is 1. The van der Waals surface area contributed by atoms with E-state index in [2.05, 4.69) is 0 Å². The van der Waals surface area contributed by atoms with Gasteiger partial charge in [0, 0.05) is 17.0 Å². The largest absolute Gasteiger partial charge is 0.475 e. The number of rotatable bonds is 7. The quantitative estimate of drug-likeness (QED) is 0.594. The van der Waals surface area contributed by atoms with Crippen molar-refractivity contribution < 1.29 is 28.2 Å². The van der Waals surface area contributed by atoms with Crippen molar-refractivity contribution in [2.75, 3.05) is 6.61 Å². The number of esters is 1. The van der Waals surface area contributed by atoms with E-state index in [-0.39, 0.29) is 28.9 Å². The summed E-state index contributed by atoms with van der Waals surface area (Å²) < 4.78 is 24.4. The maximum atomic E-state index is 13.9. The molecule has 0 aliphatic rings. The van der Waals surface area contributed by atoms with Crippen molar-refractivity contribution in [2.45, 2.75) is 38.6 Å². The number of unbranched alkanes of at least 4 members (excludes halogenated alkanes) is 1. The molecule has 130 valence electrons. The Hall–Kier alpha value is -2.41. The smallest absolute Gasteiger partial charge is 0.371 e. The highest BCUT2D eigenvalue weighted by atomic mass is 19.1. The molecular formula is C17H20FNO5. The summed E-state index contributed by atoms with van der Waals surface area (Å²) in [7, 11) is 0. The van der Waals surface area contributed by atoms with Crippen molar-refractivity contribution in [2.24, 2.45) is 5.73 Å². The molecule has 2 aromatic rings. The maximum absolute atomic E-state index is 13.9. The van der Waals surface area contributed by atoms with Crippen molar-refractivity contribution in [3.63, 3.8) is 0 Å². The second-order valence-electron chi connectivity index (χ2n) is 5.69. The third-order valence-electron chi connectivity index (χ3n) is 3.68. The number of furan rings is 1. The highest BCUT2D eigenvalue weighted by Crippen LogP contribution is 2.32. The fourth-order valence-electron chi connectivity index (χ4n) is 2.51. The van der Waals surface area contributed by atoms with Gasteiger partial charge in [0.05, 0.1) is 6.61 Å². The van der Waals surface area contributed by atoms with Crippen LogP contribution in [0.25, 0.3) is 11.0 Å². The van der Waals surface area contributed by atoms with Crippen molar-refractivity contribution >= 4 is 22.9 Å². The Morgan fingerprint density at radius 2 is 2.08 bits per heavy atom. The van der Waals surface area contributed by atoms with Gasteiger partial charge in [0.25, 0.3) is 0 Å². The first-order valence-electron chi connectivity index (χ1n) is 7.73. The van der Waals surface area contributed by atoms with Crippen LogP contribution in [-0.4, -0.2) is 29.7 Å². The standard InChI is InChI=1S/C17H20FNO5/c1-3-4-5-23-17(22)14(9(2)19)12-8-11(18)6-10-7-13(16(20)21)24-15(10)12/h6-9,14H,3-5,19H2,1-2H3,(H,20,21). The lowest BCUT2D eigenvalue weighted by atomic mass is 9.91. The lowest BCUT2D eigenvalue weighted by Crippen LogP contribution is -2.32. The maximum Gasteiger partial charge on any atom is 0.371 e. The first kappa shape index (κ1) is 17.9. The molecule has 0 saturated heterocycles. The predicted octanol–water partition coefficient (Wildman–Crippen LogP) is 3.04. The molecule has 2 unspecified atom stereocenters. The molecule has 0 radical (unpaired) electrons. The van der Waals surface area contributed by atoms with Crippen LogP contribution in [0, 0.1) is 5.82 Å². The van der Waals surface area contributed by atoms with Crippen LogP contribution >= 0.6 is 0 Å². The summed E-state index contributed by atoms with van der Waals surface area (Å²) in [6, 6.07) is 2.83. The predicted molar refractivity (Wildman–Crippen MR) is 85.4 cm³/mol. The molecule has 0 bridgehead atoms. The fourth-order valence-corrected chi connectivity index (χ4v) is 2.51. The van der Waals surface area contributed by atoms with Gasteiger partial charge in [-0.15, -0.1) is 0 Å². The lowest BCUT2D eigenvalue weighted by molar-refractivity contribution is -0.146. The van der Waals surface area contributed by atoms with Crippen LogP contribution in [0.5, 0.6) is 0 Å². The number of halogens is 1. The Morgan fingerprint density at radius 1 is 1.38 bits per heavy atom. The van der Waals surface area contributed by atoms with E-state index in [4.69, 9.17) is 20.0 Å². The van der Waals surface area contributed by atoms with Crippen molar-refractivity contribution in [1.82, 2.24) is 0 Å². The van der Waals surface area contributed by atoms with Crippen LogP contribution in [0.4, 0.5) is 4.39 Å². The monoisotopic (exact) mass is 337 g/mol. The third-order valence-corrected chi connectivity index (χ3v) is 3.68. The minimum absolute atomic E-state index is 0.128. The zero-order valence-electron chi connectivity index (χ0n) is 13.5. The van der Waals surface area contributed by atoms with Gasteiger partial charge in [-0.05, 0) is 31.5 Å². The molecule has 0 aliphatic carbocycles. The zero-order chi connectivity index (χ0) is 17.9. The number of carbonyl (C=O) groups is 2. The Labute approximate surface area is 138 Å². The first-order chi connectivity index (χ1) is 11.3. The number of hydrogen-bond acceptors (Lipinski definition) is 5. The van der Waals surface area contributed by atoms with E-state index < -0.39 is 29.7 Å². The summed E-state index contributed by atoms with van der Waals surface area (Å²) in [6.45, 7) is 3.81. The van der Waals surface area contributed by atoms with Crippen LogP contribution < -0.4 is 5.73 Å². The molecule has 3 N–H and O–H groups in total. The molecule has 24 heavy (non-hydrogen) atoms. The van der Waals surface area contributed by atoms with Gasteiger partial charge in [0.2, 0.25) is 5.76 Å². The molecule has 2 rings (SSSR count). The van der Waals surface area contributed by atoms with E-state index in [0.29, 0.717) is 6.42 Å². The molecule has 0 aliphatic heterocycles. The fraction of sp³-hybridized carbons (Fsp3) is 0.412. The summed E-state index contributed by atoms with van der Waals surface area (Å²) in [5.41, 5.74) is 6.22. The molecule has 6 nitrogen and oxygen atoms in total. The summed E-state index contributed by atoms with van der Waals surface area (Å²) in [6.07, 6.45) is 1.57. The molecule has 0 amide bonds. The molecule has 1 aromatic carbocycles. The Kier molecular flexibility index (Phi) is 5.56. The second-order valence-corrected chi connectivity index (χ2v) is 5.69. The number of carbonyl (C=O) groups excluding carboxylic acids is 1. The van der Waals surface area contributed by atoms with Crippen LogP contribution in [0.15, 0.2) is 22.6 Å². The molecule has 7 heteroatoms. The molecule has 0 saturated carbocycles. The number of ether oxygens (including phenoxy) is 1. The van der Waals surface area contributed by atoms with E-state index in [9.17, 15) is 14.0 Å². The molecule has 1 aromatic heterocycles. The van der Waals surface area contributed by atoms with Gasteiger partial charge in [-0.3, -0.25) is 4.79 Å². The number of fused-ring (bicyclic) bond motifs is 1. The van der Waals surface area contributed by atoms with E-state index in [1.54, 1.807) is 6.92 Å². The van der Waals surface area contributed by atoms with Crippen molar-refractivity contribution in [1.29, 1.82) is 0 Å². The Bertz CT molecular complexity index is 753. The van der Waals surface area contributed by atoms with Gasteiger partial charge in [-0.25, -0.2) is 9.18 Å². The molecule has 0 spiro atoms. The minimum atomic E-state index is -1.28. The van der Waals surface area contributed by atoms with Gasteiger partial charge in [-0.2, -0.15) is 0 Å². The van der Waals surface area contributed by atoms with E-state index in [0.717, 1.165) is 18.6 Å². The Morgan fingerprint density at radius 3 is 2.67 bits per heavy atom. The van der Waals surface area contributed by atoms with Gasteiger partial charge in [0.15, 0.2) is 0 Å². The van der Waals surface area contributed by atoms with Gasteiger partial charge < -0.3 is 20.0 Å². The van der Waals surface area contributed by atoms with Crippen molar-refractivity contribution in [3.05, 3.63) is 35.3 Å². The van der Waals surface area contributed by atoms with Crippen molar-refractivity contribution in [3.8, 4) is 0 Å². The third kappa shape index (κ3) is 3.73. The number of nitrogens with two attached hydrogens (primary N) is 1. The summed E-state index contributed by atoms with van der Waals surface area (Å²) >= 11 is 0. The highest BCUT2D eigenvalue weighted by Gasteiger charge is 2.30. The van der Waals surface area contributed by atoms with Crippen LogP contribution in [0.3, 0.4) is 0 Å². The number of benzene rings is 1. The average Bonchev–Trinajstić information content (AvgIpc) is 2.91. The van der Waals surface area contributed by atoms with E-state index in [1.807, 2.05) is 6.92 Å². The van der Waals surface area contributed by atoms with E-state index in [1.165, 1.54) is 6.07 Å². The Balaban J connectivity index is 2.49. The number of hydrogen-bond donors (Lipinski definition) is 2. The van der Waals surface area contributed by atoms with Crippen LogP contribution in [0.1, 0.15) is 48.7 Å². The minimum Gasteiger partial charge on any atom is -0.475 e. The molecule has 1 heterocycles. The summed E-state index contributed by atoms with van der Waals surface area (Å²) in [5, 5.41) is 9.30. The van der Waals surface area contributed by atoms with Crippen LogP contribution in [0.2, 0.25) is 0 Å². The molecule has 0 fully saturated rings. The summed E-state index contributed by atoms with van der Waals surface area (Å²) in [4.78, 5) is 23.4. The topological polar surface area (TPSA) is 103 Å². The zero-order valence-corrected chi connectivity index (χ0v) is 13.5. The number of carboxylic acids is 1. The van der Waals surface area contributed by atoms with Gasteiger partial charge in [0.1, 0.15) is 17.3 Å². The highest BCUT2D eigenvalue weighted by molar-refractivity contribution is 5.94. The summed E-state index contributed by atoms with van der Waals surface area (Å²) in [5.74, 6) is -3.76. The van der Waals surface area contributed by atoms with Gasteiger partial charge in [-0.1, -0.05) is 13.3 Å². The first-order valence-corrected chi connectivity index (χ1v) is 7.73. The SMILES string of the molecule is CCCCOC(=O)C(c1cc(F)cc2cc(C(=O)O)oc12)C(C)N. The number of aromatic carboxylic acids is 1. The lowest BCUT2D eigenvalue weighted by Gasteiger charge is -2.20. The second kappa shape index (κ2) is 7.44. The van der Waals surface area contributed by atoms with E-state index >= 15 is 0 Å². The average molecular weight is 337 g/mol. The van der Waals surface area contributed by atoms with Crippen LogP contribution in [-0.2, 0) is 9.53 Å².